The van der Waals surface area contributed by atoms with Crippen LogP contribution in [-0.2, 0) is 4.79 Å². The van der Waals surface area contributed by atoms with Crippen LogP contribution in [0.2, 0.25) is 0 Å². The first kappa shape index (κ1) is 14.0. The maximum absolute atomic E-state index is 12.2. The molecule has 1 heterocycles. The number of carbonyl (C=O) groups excluding carboxylic acids is 1. The van der Waals surface area contributed by atoms with Crippen molar-refractivity contribution in [2.75, 3.05) is 24.5 Å². The molecule has 17 heavy (non-hydrogen) atoms. The van der Waals surface area contributed by atoms with Crippen molar-refractivity contribution in [3.8, 4) is 0 Å². The molecule has 1 N–H and O–H groups in total. The Labute approximate surface area is 109 Å². The van der Waals surface area contributed by atoms with Gasteiger partial charge in [-0.15, -0.1) is 12.4 Å². The number of amides is 1. The molecule has 1 saturated heterocycles. The highest BCUT2D eigenvalue weighted by Crippen LogP contribution is 2.22. The van der Waals surface area contributed by atoms with Crippen molar-refractivity contribution >= 4 is 24.0 Å². The van der Waals surface area contributed by atoms with Crippen LogP contribution in [0.15, 0.2) is 24.3 Å². The van der Waals surface area contributed by atoms with Crippen LogP contribution >= 0.6 is 12.4 Å². The third kappa shape index (κ3) is 2.79. The summed E-state index contributed by atoms with van der Waals surface area (Å²) in [5.41, 5.74) is 2.20. The van der Waals surface area contributed by atoms with Crippen LogP contribution in [0.25, 0.3) is 0 Å². The largest absolute Gasteiger partial charge is 0.315 e. The molecular weight excluding hydrogens is 236 g/mol. The van der Waals surface area contributed by atoms with Crippen LogP contribution in [0.3, 0.4) is 0 Å². The SMILES string of the molecule is CCN(C(=O)C1CNC1)c1ccccc1C.Cl. The van der Waals surface area contributed by atoms with Gasteiger partial charge in [-0.3, -0.25) is 4.79 Å². The van der Waals surface area contributed by atoms with Crippen LogP contribution in [0.5, 0.6) is 0 Å². The predicted octanol–water partition coefficient (Wildman–Crippen LogP) is 1.99. The number of rotatable bonds is 3. The number of nitrogens with one attached hydrogen (secondary N) is 1. The Kier molecular flexibility index (Phi) is 4.97. The summed E-state index contributed by atoms with van der Waals surface area (Å²) in [6, 6.07) is 8.05. The number of para-hydroxylation sites is 1. The zero-order valence-electron chi connectivity index (χ0n) is 10.3. The summed E-state index contributed by atoms with van der Waals surface area (Å²) in [5, 5.41) is 3.14. The average Bonchev–Trinajstić information content (AvgIpc) is 2.19. The van der Waals surface area contributed by atoms with E-state index in [2.05, 4.69) is 5.32 Å². The first-order chi connectivity index (χ1) is 7.74. The minimum Gasteiger partial charge on any atom is -0.315 e. The van der Waals surface area contributed by atoms with Crippen molar-refractivity contribution in [1.82, 2.24) is 5.32 Å². The smallest absolute Gasteiger partial charge is 0.232 e. The van der Waals surface area contributed by atoms with Gasteiger partial charge in [-0.05, 0) is 25.5 Å². The first-order valence-electron chi connectivity index (χ1n) is 5.81. The molecule has 0 unspecified atom stereocenters. The first-order valence-corrected chi connectivity index (χ1v) is 5.81. The standard InChI is InChI=1S/C13H18N2O.ClH/c1-3-15(13(16)11-8-14-9-11)12-7-5-4-6-10(12)2;/h4-7,11,14H,3,8-9H2,1-2H3;1H. The quantitative estimate of drug-likeness (QED) is 0.895. The average molecular weight is 255 g/mol. The van der Waals surface area contributed by atoms with E-state index in [0.717, 1.165) is 30.9 Å². The van der Waals surface area contributed by atoms with E-state index in [1.165, 1.54) is 0 Å². The van der Waals surface area contributed by atoms with Crippen molar-refractivity contribution < 1.29 is 4.79 Å². The van der Waals surface area contributed by atoms with Gasteiger partial charge in [0.05, 0.1) is 5.92 Å². The molecule has 1 aliphatic heterocycles. The van der Waals surface area contributed by atoms with Crippen LogP contribution in [0.1, 0.15) is 12.5 Å². The third-order valence-corrected chi connectivity index (χ3v) is 3.12. The molecule has 0 radical (unpaired) electrons. The predicted molar refractivity (Wildman–Crippen MR) is 72.8 cm³/mol. The van der Waals surface area contributed by atoms with Gasteiger partial charge < -0.3 is 10.2 Å². The zero-order valence-corrected chi connectivity index (χ0v) is 11.1. The Hall–Kier alpha value is -1.06. The Morgan fingerprint density at radius 2 is 2.06 bits per heavy atom. The Morgan fingerprint density at radius 1 is 1.41 bits per heavy atom. The van der Waals surface area contributed by atoms with Gasteiger partial charge in [0, 0.05) is 25.3 Å². The van der Waals surface area contributed by atoms with Gasteiger partial charge in [0.2, 0.25) is 5.91 Å². The van der Waals surface area contributed by atoms with Gasteiger partial charge in [-0.25, -0.2) is 0 Å². The van der Waals surface area contributed by atoms with Crippen molar-refractivity contribution in [1.29, 1.82) is 0 Å². The highest BCUT2D eigenvalue weighted by molar-refractivity contribution is 5.96. The number of benzene rings is 1. The second-order valence-electron chi connectivity index (χ2n) is 4.22. The Balaban J connectivity index is 0.00000144. The summed E-state index contributed by atoms with van der Waals surface area (Å²) in [7, 11) is 0. The van der Waals surface area contributed by atoms with Crippen LogP contribution < -0.4 is 10.2 Å². The Morgan fingerprint density at radius 3 is 2.53 bits per heavy atom. The normalized spacial score (nSPS) is 14.7. The summed E-state index contributed by atoms with van der Waals surface area (Å²) in [6.07, 6.45) is 0. The number of anilines is 1. The molecule has 2 rings (SSSR count). The molecule has 1 aromatic carbocycles. The highest BCUT2D eigenvalue weighted by atomic mass is 35.5. The number of hydrogen-bond acceptors (Lipinski definition) is 2. The summed E-state index contributed by atoms with van der Waals surface area (Å²) in [4.78, 5) is 14.1. The molecule has 1 aromatic rings. The fraction of sp³-hybridized carbons (Fsp3) is 0.462. The molecule has 94 valence electrons. The van der Waals surface area contributed by atoms with Gasteiger partial charge in [0.1, 0.15) is 0 Å². The van der Waals surface area contributed by atoms with E-state index in [4.69, 9.17) is 0 Å². The molecule has 0 saturated carbocycles. The van der Waals surface area contributed by atoms with Crippen molar-refractivity contribution in [2.24, 2.45) is 5.92 Å². The zero-order chi connectivity index (χ0) is 11.5. The molecule has 3 nitrogen and oxygen atoms in total. The van der Waals surface area contributed by atoms with E-state index in [9.17, 15) is 4.79 Å². The van der Waals surface area contributed by atoms with Crippen molar-refractivity contribution in [2.45, 2.75) is 13.8 Å². The lowest BCUT2D eigenvalue weighted by Crippen LogP contribution is -2.52. The van der Waals surface area contributed by atoms with Crippen molar-refractivity contribution in [3.05, 3.63) is 29.8 Å². The van der Waals surface area contributed by atoms with Gasteiger partial charge in [0.15, 0.2) is 0 Å². The number of halogens is 1. The van der Waals surface area contributed by atoms with Gasteiger partial charge in [0.25, 0.3) is 0 Å². The highest BCUT2D eigenvalue weighted by Gasteiger charge is 2.29. The number of carbonyl (C=O) groups is 1. The van der Waals surface area contributed by atoms with E-state index in [1.54, 1.807) is 0 Å². The van der Waals surface area contributed by atoms with E-state index in [-0.39, 0.29) is 24.2 Å². The number of hydrogen-bond donors (Lipinski definition) is 1. The summed E-state index contributed by atoms with van der Waals surface area (Å²) in [5.74, 6) is 0.412. The molecule has 1 amide bonds. The maximum atomic E-state index is 12.2. The lowest BCUT2D eigenvalue weighted by molar-refractivity contribution is -0.123. The molecule has 4 heteroatoms. The Bertz CT molecular complexity index is 391. The summed E-state index contributed by atoms with van der Waals surface area (Å²) < 4.78 is 0. The van der Waals surface area contributed by atoms with Crippen LogP contribution in [-0.4, -0.2) is 25.5 Å². The number of nitrogens with zero attached hydrogens (tertiary/aromatic N) is 1. The fourth-order valence-corrected chi connectivity index (χ4v) is 1.99. The minimum absolute atomic E-state index is 0. The fourth-order valence-electron chi connectivity index (χ4n) is 1.99. The van der Waals surface area contributed by atoms with Gasteiger partial charge in [-0.2, -0.15) is 0 Å². The summed E-state index contributed by atoms with van der Waals surface area (Å²) >= 11 is 0. The molecule has 1 fully saturated rings. The van der Waals surface area contributed by atoms with Gasteiger partial charge >= 0.3 is 0 Å². The molecule has 0 aliphatic carbocycles. The summed E-state index contributed by atoms with van der Waals surface area (Å²) in [6.45, 7) is 6.45. The lowest BCUT2D eigenvalue weighted by atomic mass is 10.0. The van der Waals surface area contributed by atoms with E-state index in [1.807, 2.05) is 43.0 Å². The molecular formula is C13H19ClN2O. The molecule has 0 bridgehead atoms. The van der Waals surface area contributed by atoms with Gasteiger partial charge in [-0.1, -0.05) is 18.2 Å². The monoisotopic (exact) mass is 254 g/mol. The second kappa shape index (κ2) is 6.03. The third-order valence-electron chi connectivity index (χ3n) is 3.12. The molecule has 0 spiro atoms. The molecule has 0 aromatic heterocycles. The van der Waals surface area contributed by atoms with Crippen LogP contribution in [0, 0.1) is 12.8 Å². The minimum atomic E-state index is 0. The maximum Gasteiger partial charge on any atom is 0.232 e. The van der Waals surface area contributed by atoms with E-state index < -0.39 is 0 Å². The van der Waals surface area contributed by atoms with Crippen molar-refractivity contribution in [3.63, 3.8) is 0 Å². The topological polar surface area (TPSA) is 32.3 Å². The van der Waals surface area contributed by atoms with E-state index >= 15 is 0 Å². The van der Waals surface area contributed by atoms with E-state index in [0.29, 0.717) is 0 Å². The van der Waals surface area contributed by atoms with Crippen LogP contribution in [0.4, 0.5) is 5.69 Å². The molecule has 1 aliphatic rings. The molecule has 0 atom stereocenters. The lowest BCUT2D eigenvalue weighted by Gasteiger charge is -2.32. The number of aryl methyl sites for hydroxylation is 1. The second-order valence-corrected chi connectivity index (χ2v) is 4.22.